The monoisotopic (exact) mass is 368 g/mol. The Balaban J connectivity index is 1.64. The van der Waals surface area contributed by atoms with Crippen molar-refractivity contribution in [2.45, 2.75) is 32.3 Å². The molecule has 0 spiro atoms. The summed E-state index contributed by atoms with van der Waals surface area (Å²) in [6.45, 7) is 3.12. The standard InChI is InChI=1S/C21H24N2O4/c1-2-26-19-11-4-3-10-18(19)23-21(25)15-7-5-8-16(13-15)22-20(24)14-17-9-6-12-27-17/h3-5,7-8,10-11,13,17H,2,6,9,12,14H2,1H3,(H,22,24)(H,23,25). The van der Waals surface area contributed by atoms with E-state index in [1.165, 1.54) is 0 Å². The predicted octanol–water partition coefficient (Wildman–Crippen LogP) is 3.85. The van der Waals surface area contributed by atoms with Crippen LogP contribution in [0.1, 0.15) is 36.5 Å². The van der Waals surface area contributed by atoms with E-state index in [4.69, 9.17) is 9.47 Å². The first-order valence-electron chi connectivity index (χ1n) is 9.20. The molecule has 2 N–H and O–H groups in total. The van der Waals surface area contributed by atoms with Gasteiger partial charge in [-0.3, -0.25) is 9.59 Å². The topological polar surface area (TPSA) is 76.7 Å². The Morgan fingerprint density at radius 1 is 1.15 bits per heavy atom. The quantitative estimate of drug-likeness (QED) is 0.778. The van der Waals surface area contributed by atoms with E-state index in [-0.39, 0.29) is 17.9 Å². The van der Waals surface area contributed by atoms with Crippen molar-refractivity contribution >= 4 is 23.2 Å². The summed E-state index contributed by atoms with van der Waals surface area (Å²) < 4.78 is 11.0. The number of nitrogens with one attached hydrogen (secondary N) is 2. The van der Waals surface area contributed by atoms with Crippen LogP contribution < -0.4 is 15.4 Å². The SMILES string of the molecule is CCOc1ccccc1NC(=O)c1cccc(NC(=O)CC2CCCO2)c1. The highest BCUT2D eigenvalue weighted by atomic mass is 16.5. The van der Waals surface area contributed by atoms with Crippen molar-refractivity contribution in [3.8, 4) is 5.75 Å². The lowest BCUT2D eigenvalue weighted by Gasteiger charge is -2.12. The van der Waals surface area contributed by atoms with Crippen LogP contribution in [-0.2, 0) is 9.53 Å². The Morgan fingerprint density at radius 2 is 2.00 bits per heavy atom. The third-order valence-corrected chi connectivity index (χ3v) is 4.28. The molecular formula is C21H24N2O4. The van der Waals surface area contributed by atoms with Crippen LogP contribution in [0.25, 0.3) is 0 Å². The van der Waals surface area contributed by atoms with E-state index in [1.807, 2.05) is 19.1 Å². The largest absolute Gasteiger partial charge is 0.492 e. The van der Waals surface area contributed by atoms with Crippen molar-refractivity contribution in [1.29, 1.82) is 0 Å². The summed E-state index contributed by atoms with van der Waals surface area (Å²) in [5, 5.41) is 5.69. The summed E-state index contributed by atoms with van der Waals surface area (Å²) in [4.78, 5) is 24.7. The van der Waals surface area contributed by atoms with E-state index >= 15 is 0 Å². The fraction of sp³-hybridized carbons (Fsp3) is 0.333. The van der Waals surface area contributed by atoms with Crippen LogP contribution in [0.3, 0.4) is 0 Å². The lowest BCUT2D eigenvalue weighted by Crippen LogP contribution is -2.19. The molecule has 1 aliphatic heterocycles. The molecule has 142 valence electrons. The fourth-order valence-corrected chi connectivity index (χ4v) is 3.01. The number of ether oxygens (including phenoxy) is 2. The molecule has 3 rings (SSSR count). The molecule has 2 aromatic carbocycles. The second-order valence-corrected chi connectivity index (χ2v) is 6.35. The second-order valence-electron chi connectivity index (χ2n) is 6.35. The summed E-state index contributed by atoms with van der Waals surface area (Å²) in [5.41, 5.74) is 1.65. The number of hydrogen-bond donors (Lipinski definition) is 2. The molecule has 6 nitrogen and oxygen atoms in total. The van der Waals surface area contributed by atoms with Crippen LogP contribution in [0.5, 0.6) is 5.75 Å². The van der Waals surface area contributed by atoms with E-state index in [0.29, 0.717) is 35.7 Å². The summed E-state index contributed by atoms with van der Waals surface area (Å²) in [6.07, 6.45) is 2.23. The molecule has 0 aliphatic carbocycles. The van der Waals surface area contributed by atoms with Crippen molar-refractivity contribution in [2.24, 2.45) is 0 Å². The minimum Gasteiger partial charge on any atom is -0.492 e. The first-order chi connectivity index (χ1) is 13.2. The minimum absolute atomic E-state index is 0.00783. The summed E-state index contributed by atoms with van der Waals surface area (Å²) in [7, 11) is 0. The van der Waals surface area contributed by atoms with Gasteiger partial charge in [0.05, 0.1) is 24.8 Å². The second kappa shape index (κ2) is 9.19. The third kappa shape index (κ3) is 5.31. The van der Waals surface area contributed by atoms with Gasteiger partial charge in [0.2, 0.25) is 5.91 Å². The molecule has 2 aromatic rings. The molecule has 0 radical (unpaired) electrons. The summed E-state index contributed by atoms with van der Waals surface area (Å²) in [6, 6.07) is 14.1. The van der Waals surface area contributed by atoms with Crippen molar-refractivity contribution in [2.75, 3.05) is 23.8 Å². The molecule has 1 atom stereocenters. The Labute approximate surface area is 158 Å². The van der Waals surface area contributed by atoms with Crippen LogP contribution in [-0.4, -0.2) is 31.1 Å². The van der Waals surface area contributed by atoms with Crippen molar-refractivity contribution in [1.82, 2.24) is 0 Å². The molecular weight excluding hydrogens is 344 g/mol. The van der Waals surface area contributed by atoms with Crippen LogP contribution >= 0.6 is 0 Å². The number of benzene rings is 2. The van der Waals surface area contributed by atoms with Gasteiger partial charge < -0.3 is 20.1 Å². The number of hydrogen-bond acceptors (Lipinski definition) is 4. The maximum Gasteiger partial charge on any atom is 0.255 e. The molecule has 1 unspecified atom stereocenters. The molecule has 0 aromatic heterocycles. The molecule has 1 heterocycles. The van der Waals surface area contributed by atoms with Gasteiger partial charge in [0.15, 0.2) is 0 Å². The summed E-state index contributed by atoms with van der Waals surface area (Å²) >= 11 is 0. The van der Waals surface area contributed by atoms with Gasteiger partial charge in [0.25, 0.3) is 5.91 Å². The lowest BCUT2D eigenvalue weighted by atomic mass is 10.1. The first kappa shape index (κ1) is 18.9. The van der Waals surface area contributed by atoms with Gasteiger partial charge >= 0.3 is 0 Å². The normalized spacial score (nSPS) is 16.0. The minimum atomic E-state index is -0.266. The zero-order valence-electron chi connectivity index (χ0n) is 15.4. The number of anilines is 2. The Bertz CT molecular complexity index is 800. The average Bonchev–Trinajstić information content (AvgIpc) is 3.16. The highest BCUT2D eigenvalue weighted by molar-refractivity contribution is 6.06. The Kier molecular flexibility index (Phi) is 6.44. The van der Waals surface area contributed by atoms with Gasteiger partial charge in [0, 0.05) is 17.9 Å². The van der Waals surface area contributed by atoms with E-state index in [0.717, 1.165) is 19.4 Å². The van der Waals surface area contributed by atoms with E-state index in [1.54, 1.807) is 36.4 Å². The molecule has 27 heavy (non-hydrogen) atoms. The van der Waals surface area contributed by atoms with E-state index < -0.39 is 0 Å². The molecule has 0 saturated carbocycles. The highest BCUT2D eigenvalue weighted by Gasteiger charge is 2.19. The Morgan fingerprint density at radius 3 is 2.78 bits per heavy atom. The van der Waals surface area contributed by atoms with E-state index in [2.05, 4.69) is 10.6 Å². The maximum atomic E-state index is 12.6. The van der Waals surface area contributed by atoms with Gasteiger partial charge in [-0.2, -0.15) is 0 Å². The lowest BCUT2D eigenvalue weighted by molar-refractivity contribution is -0.118. The summed E-state index contributed by atoms with van der Waals surface area (Å²) in [5.74, 6) is 0.243. The molecule has 1 aliphatic rings. The number of carbonyl (C=O) groups excluding carboxylic acids is 2. The van der Waals surface area contributed by atoms with Gasteiger partial charge in [-0.15, -0.1) is 0 Å². The molecule has 6 heteroatoms. The predicted molar refractivity (Wildman–Crippen MR) is 104 cm³/mol. The molecule has 0 bridgehead atoms. The smallest absolute Gasteiger partial charge is 0.255 e. The zero-order chi connectivity index (χ0) is 19.1. The fourth-order valence-electron chi connectivity index (χ4n) is 3.01. The maximum absolute atomic E-state index is 12.6. The van der Waals surface area contributed by atoms with Gasteiger partial charge in [0.1, 0.15) is 5.75 Å². The molecule has 2 amide bonds. The molecule has 1 saturated heterocycles. The van der Waals surface area contributed by atoms with E-state index in [9.17, 15) is 9.59 Å². The number of para-hydroxylation sites is 2. The van der Waals surface area contributed by atoms with Crippen molar-refractivity contribution in [3.63, 3.8) is 0 Å². The van der Waals surface area contributed by atoms with Crippen LogP contribution in [0.4, 0.5) is 11.4 Å². The number of amides is 2. The highest BCUT2D eigenvalue weighted by Crippen LogP contribution is 2.24. The van der Waals surface area contributed by atoms with Crippen LogP contribution in [0.15, 0.2) is 48.5 Å². The van der Waals surface area contributed by atoms with Gasteiger partial charge in [-0.1, -0.05) is 18.2 Å². The number of rotatable bonds is 7. The number of carbonyl (C=O) groups is 2. The molecule has 1 fully saturated rings. The first-order valence-corrected chi connectivity index (χ1v) is 9.20. The van der Waals surface area contributed by atoms with Crippen LogP contribution in [0.2, 0.25) is 0 Å². The van der Waals surface area contributed by atoms with Crippen LogP contribution in [0, 0.1) is 0 Å². The van der Waals surface area contributed by atoms with Crippen molar-refractivity contribution in [3.05, 3.63) is 54.1 Å². The van der Waals surface area contributed by atoms with Gasteiger partial charge in [-0.25, -0.2) is 0 Å². The zero-order valence-corrected chi connectivity index (χ0v) is 15.4. The average molecular weight is 368 g/mol. The van der Waals surface area contributed by atoms with Crippen molar-refractivity contribution < 1.29 is 19.1 Å². The van der Waals surface area contributed by atoms with Gasteiger partial charge in [-0.05, 0) is 50.1 Å². The Hall–Kier alpha value is -2.86. The third-order valence-electron chi connectivity index (χ3n) is 4.28.